The first-order valence-corrected chi connectivity index (χ1v) is 6.78. The van der Waals surface area contributed by atoms with E-state index in [0.29, 0.717) is 11.4 Å². The summed E-state index contributed by atoms with van der Waals surface area (Å²) in [6.07, 6.45) is -4.78. The van der Waals surface area contributed by atoms with Crippen molar-refractivity contribution < 1.29 is 27.5 Å². The minimum absolute atomic E-state index is 0.162. The van der Waals surface area contributed by atoms with E-state index in [9.17, 15) is 22.8 Å². The zero-order chi connectivity index (χ0) is 17.7. The molecule has 0 aliphatic carbocycles. The Labute approximate surface area is 135 Å². The van der Waals surface area contributed by atoms with Gasteiger partial charge in [-0.25, -0.2) is 0 Å². The van der Waals surface area contributed by atoms with Gasteiger partial charge in [0.2, 0.25) is 5.91 Å². The van der Waals surface area contributed by atoms with Crippen LogP contribution in [0, 0.1) is 0 Å². The molecule has 24 heavy (non-hydrogen) atoms. The largest absolute Gasteiger partial charge is 0.573 e. The molecule has 0 unspecified atom stereocenters. The Hall–Kier alpha value is -3.03. The number of carbonyl (C=O) groups excluding carboxylic acids is 2. The van der Waals surface area contributed by atoms with Crippen molar-refractivity contribution in [2.45, 2.75) is 13.3 Å². The molecule has 0 spiro atoms. The van der Waals surface area contributed by atoms with E-state index in [2.05, 4.69) is 15.4 Å². The van der Waals surface area contributed by atoms with Crippen molar-refractivity contribution in [3.05, 3.63) is 54.1 Å². The molecule has 0 aliphatic rings. The van der Waals surface area contributed by atoms with E-state index in [1.54, 1.807) is 24.3 Å². The molecule has 2 amide bonds. The van der Waals surface area contributed by atoms with Crippen molar-refractivity contribution in [3.8, 4) is 5.75 Å². The average Bonchev–Trinajstić information content (AvgIpc) is 2.46. The summed E-state index contributed by atoms with van der Waals surface area (Å²) >= 11 is 0. The maximum atomic E-state index is 12.1. The van der Waals surface area contributed by atoms with Gasteiger partial charge in [0.1, 0.15) is 5.75 Å². The van der Waals surface area contributed by atoms with Crippen LogP contribution < -0.4 is 15.4 Å². The lowest BCUT2D eigenvalue weighted by atomic mass is 10.2. The first-order valence-electron chi connectivity index (χ1n) is 6.78. The molecular weight excluding hydrogens is 325 g/mol. The molecule has 0 fully saturated rings. The highest BCUT2D eigenvalue weighted by atomic mass is 19.4. The normalized spacial score (nSPS) is 10.8. The number of ether oxygens (including phenoxy) is 1. The zero-order valence-electron chi connectivity index (χ0n) is 12.5. The maximum Gasteiger partial charge on any atom is 0.573 e. The van der Waals surface area contributed by atoms with Crippen LogP contribution in [0.3, 0.4) is 0 Å². The van der Waals surface area contributed by atoms with E-state index >= 15 is 0 Å². The van der Waals surface area contributed by atoms with Crippen LogP contribution in [0.25, 0.3) is 0 Å². The minimum Gasteiger partial charge on any atom is -0.406 e. The minimum atomic E-state index is -4.78. The van der Waals surface area contributed by atoms with Gasteiger partial charge < -0.3 is 15.4 Å². The second-order valence-corrected chi connectivity index (χ2v) is 4.79. The van der Waals surface area contributed by atoms with Crippen LogP contribution in [-0.2, 0) is 4.79 Å². The molecule has 0 saturated carbocycles. The third-order valence-electron chi connectivity index (χ3n) is 2.79. The Morgan fingerprint density at radius 1 is 0.958 bits per heavy atom. The van der Waals surface area contributed by atoms with E-state index in [-0.39, 0.29) is 11.5 Å². The SMILES string of the molecule is CC(=O)Nc1cccc(NC(=O)c2ccc(OC(F)(F)F)cc2)c1. The predicted octanol–water partition coefficient (Wildman–Crippen LogP) is 3.80. The van der Waals surface area contributed by atoms with Crippen LogP contribution in [0.5, 0.6) is 5.75 Å². The summed E-state index contributed by atoms with van der Waals surface area (Å²) in [6.45, 7) is 1.36. The highest BCUT2D eigenvalue weighted by Gasteiger charge is 2.31. The first-order chi connectivity index (χ1) is 11.2. The number of alkyl halides is 3. The Morgan fingerprint density at radius 2 is 1.54 bits per heavy atom. The number of rotatable bonds is 4. The van der Waals surface area contributed by atoms with Crippen LogP contribution in [0.4, 0.5) is 24.5 Å². The first kappa shape index (κ1) is 17.3. The second-order valence-electron chi connectivity index (χ2n) is 4.79. The molecule has 2 N–H and O–H groups in total. The smallest absolute Gasteiger partial charge is 0.406 e. The molecule has 5 nitrogen and oxygen atoms in total. The van der Waals surface area contributed by atoms with E-state index in [1.165, 1.54) is 19.1 Å². The summed E-state index contributed by atoms with van der Waals surface area (Å²) in [5, 5.41) is 5.16. The molecule has 0 bridgehead atoms. The highest BCUT2D eigenvalue weighted by molar-refractivity contribution is 6.04. The van der Waals surface area contributed by atoms with Gasteiger partial charge in [-0.3, -0.25) is 9.59 Å². The molecule has 2 aromatic rings. The van der Waals surface area contributed by atoms with Crippen molar-refractivity contribution in [3.63, 3.8) is 0 Å². The molecule has 8 heteroatoms. The quantitative estimate of drug-likeness (QED) is 0.891. The van der Waals surface area contributed by atoms with Crippen LogP contribution in [0.15, 0.2) is 48.5 Å². The van der Waals surface area contributed by atoms with E-state index in [4.69, 9.17) is 0 Å². The fourth-order valence-corrected chi connectivity index (χ4v) is 1.89. The number of hydrogen-bond acceptors (Lipinski definition) is 3. The summed E-state index contributed by atoms with van der Waals surface area (Å²) in [7, 11) is 0. The van der Waals surface area contributed by atoms with E-state index in [0.717, 1.165) is 12.1 Å². The van der Waals surface area contributed by atoms with Gasteiger partial charge in [0.15, 0.2) is 0 Å². The summed E-state index contributed by atoms with van der Waals surface area (Å²) in [5.74, 6) is -1.17. The third-order valence-corrected chi connectivity index (χ3v) is 2.79. The van der Waals surface area contributed by atoms with Crippen LogP contribution in [0.1, 0.15) is 17.3 Å². The van der Waals surface area contributed by atoms with Crippen LogP contribution in [-0.4, -0.2) is 18.2 Å². The predicted molar refractivity (Wildman–Crippen MR) is 81.8 cm³/mol. The molecule has 0 aromatic heterocycles. The molecule has 0 radical (unpaired) electrons. The average molecular weight is 338 g/mol. The van der Waals surface area contributed by atoms with E-state index in [1.807, 2.05) is 0 Å². The summed E-state index contributed by atoms with van der Waals surface area (Å²) < 4.78 is 40.0. The standard InChI is InChI=1S/C16H13F3N2O3/c1-10(22)20-12-3-2-4-13(9-12)21-15(23)11-5-7-14(8-6-11)24-16(17,18)19/h2-9H,1H3,(H,20,22)(H,21,23). The number of anilines is 2. The Bertz CT molecular complexity index is 743. The zero-order valence-corrected chi connectivity index (χ0v) is 12.5. The highest BCUT2D eigenvalue weighted by Crippen LogP contribution is 2.23. The fraction of sp³-hybridized carbons (Fsp3) is 0.125. The number of carbonyl (C=O) groups is 2. The lowest BCUT2D eigenvalue weighted by Gasteiger charge is -2.10. The van der Waals surface area contributed by atoms with Crippen molar-refractivity contribution >= 4 is 23.2 Å². The number of nitrogens with one attached hydrogen (secondary N) is 2. The topological polar surface area (TPSA) is 67.4 Å². The number of hydrogen-bond donors (Lipinski definition) is 2. The monoisotopic (exact) mass is 338 g/mol. The van der Waals surface area contributed by atoms with Crippen molar-refractivity contribution in [2.75, 3.05) is 10.6 Å². The van der Waals surface area contributed by atoms with Gasteiger partial charge in [-0.1, -0.05) is 6.07 Å². The van der Waals surface area contributed by atoms with Gasteiger partial charge in [-0.15, -0.1) is 13.2 Å². The Kier molecular flexibility index (Phi) is 5.08. The number of amides is 2. The van der Waals surface area contributed by atoms with Crippen LogP contribution >= 0.6 is 0 Å². The second kappa shape index (κ2) is 7.03. The molecular formula is C16H13F3N2O3. The van der Waals surface area contributed by atoms with Gasteiger partial charge in [-0.2, -0.15) is 0 Å². The van der Waals surface area contributed by atoms with Gasteiger partial charge in [0.05, 0.1) is 0 Å². The Balaban J connectivity index is 2.06. The number of benzene rings is 2. The van der Waals surface area contributed by atoms with Crippen molar-refractivity contribution in [2.24, 2.45) is 0 Å². The lowest BCUT2D eigenvalue weighted by Crippen LogP contribution is -2.17. The molecule has 126 valence electrons. The van der Waals surface area contributed by atoms with Gasteiger partial charge in [0, 0.05) is 23.9 Å². The summed E-state index contributed by atoms with van der Waals surface area (Å²) in [5.41, 5.74) is 1.10. The van der Waals surface area contributed by atoms with Crippen LogP contribution in [0.2, 0.25) is 0 Å². The molecule has 0 saturated heterocycles. The van der Waals surface area contributed by atoms with Gasteiger partial charge >= 0.3 is 6.36 Å². The van der Waals surface area contributed by atoms with Gasteiger partial charge in [0.25, 0.3) is 5.91 Å². The molecule has 0 heterocycles. The lowest BCUT2D eigenvalue weighted by molar-refractivity contribution is -0.274. The maximum absolute atomic E-state index is 12.1. The van der Waals surface area contributed by atoms with Crippen molar-refractivity contribution in [1.82, 2.24) is 0 Å². The fourth-order valence-electron chi connectivity index (χ4n) is 1.89. The Morgan fingerprint density at radius 3 is 2.08 bits per heavy atom. The third kappa shape index (κ3) is 5.31. The number of halogens is 3. The molecule has 2 aromatic carbocycles. The van der Waals surface area contributed by atoms with Crippen molar-refractivity contribution in [1.29, 1.82) is 0 Å². The van der Waals surface area contributed by atoms with E-state index < -0.39 is 18.0 Å². The van der Waals surface area contributed by atoms with Gasteiger partial charge in [-0.05, 0) is 42.5 Å². The molecule has 2 rings (SSSR count). The molecule has 0 aliphatic heterocycles. The summed E-state index contributed by atoms with van der Waals surface area (Å²) in [4.78, 5) is 23.1. The summed E-state index contributed by atoms with van der Waals surface area (Å²) in [6, 6.07) is 11.0. The molecule has 0 atom stereocenters.